The van der Waals surface area contributed by atoms with Crippen LogP contribution in [-0.2, 0) is 25.5 Å². The number of carbonyl (C=O) groups is 3. The van der Waals surface area contributed by atoms with E-state index < -0.39 is 12.0 Å². The molecule has 1 saturated heterocycles. The van der Waals surface area contributed by atoms with Crippen molar-refractivity contribution < 1.29 is 24.2 Å². The molecule has 204 valence electrons. The average molecular weight is 523 g/mol. The van der Waals surface area contributed by atoms with Gasteiger partial charge in [-0.2, -0.15) is 5.10 Å². The minimum absolute atomic E-state index is 0.0906. The Labute approximate surface area is 223 Å². The number of hydrogen-bond acceptors (Lipinski definition) is 6. The van der Waals surface area contributed by atoms with Crippen molar-refractivity contribution in [1.29, 1.82) is 0 Å². The van der Waals surface area contributed by atoms with Crippen LogP contribution in [0, 0.1) is 17.8 Å². The Morgan fingerprint density at radius 2 is 1.92 bits per heavy atom. The van der Waals surface area contributed by atoms with Crippen molar-refractivity contribution in [1.82, 2.24) is 15.1 Å². The maximum absolute atomic E-state index is 13.6. The predicted molar refractivity (Wildman–Crippen MR) is 141 cm³/mol. The van der Waals surface area contributed by atoms with Gasteiger partial charge in [-0.3, -0.25) is 19.5 Å². The molecule has 2 fully saturated rings. The molecule has 2 aliphatic carbocycles. The zero-order valence-corrected chi connectivity index (χ0v) is 22.0. The Kier molecular flexibility index (Phi) is 8.12. The third-order valence-corrected chi connectivity index (χ3v) is 8.45. The minimum Gasteiger partial charge on any atom is -0.466 e. The van der Waals surface area contributed by atoms with Crippen LogP contribution < -0.4 is 5.32 Å². The van der Waals surface area contributed by atoms with Crippen LogP contribution in [0.1, 0.15) is 87.3 Å². The molecule has 1 aliphatic heterocycles. The average Bonchev–Trinajstić information content (AvgIpc) is 3.41. The van der Waals surface area contributed by atoms with Crippen molar-refractivity contribution >= 4 is 23.6 Å². The predicted octanol–water partition coefficient (Wildman–Crippen LogP) is 4.07. The maximum atomic E-state index is 13.6. The molecule has 3 unspecified atom stereocenters. The first-order chi connectivity index (χ1) is 18.5. The molecular formula is C29H38N4O5. The van der Waals surface area contributed by atoms with E-state index >= 15 is 0 Å². The normalized spacial score (nSPS) is 27.3. The van der Waals surface area contributed by atoms with Gasteiger partial charge in [0.1, 0.15) is 0 Å². The van der Waals surface area contributed by atoms with Crippen molar-refractivity contribution in [2.24, 2.45) is 17.8 Å². The summed E-state index contributed by atoms with van der Waals surface area (Å²) in [5.74, 6) is -0.901. The summed E-state index contributed by atoms with van der Waals surface area (Å²) >= 11 is 0. The number of nitrogens with one attached hydrogen (secondary N) is 2. The van der Waals surface area contributed by atoms with E-state index in [-0.39, 0.29) is 35.7 Å². The number of fused-ring (bicyclic) bond motifs is 1. The quantitative estimate of drug-likeness (QED) is 0.492. The summed E-state index contributed by atoms with van der Waals surface area (Å²) in [7, 11) is 0. The molecule has 5 rings (SSSR count). The molecule has 1 aromatic carbocycles. The van der Waals surface area contributed by atoms with Crippen molar-refractivity contribution in [3.8, 4) is 0 Å². The van der Waals surface area contributed by atoms with Crippen LogP contribution in [0.25, 0.3) is 0 Å². The number of aryl methyl sites for hydroxylation is 1. The second-order valence-electron chi connectivity index (χ2n) is 10.8. The van der Waals surface area contributed by atoms with E-state index in [1.165, 1.54) is 0 Å². The number of piperidine rings is 1. The molecule has 2 amide bonds. The zero-order chi connectivity index (χ0) is 26.6. The highest BCUT2D eigenvalue weighted by Gasteiger charge is 2.38. The molecule has 5 atom stereocenters. The van der Waals surface area contributed by atoms with Gasteiger partial charge in [-0.25, -0.2) is 0 Å². The van der Waals surface area contributed by atoms with Crippen molar-refractivity contribution in [3.63, 3.8) is 0 Å². The topological polar surface area (TPSA) is 125 Å². The van der Waals surface area contributed by atoms with Gasteiger partial charge >= 0.3 is 5.97 Å². The van der Waals surface area contributed by atoms with E-state index in [1.807, 2.05) is 29.2 Å². The number of H-pyrrole nitrogens is 1. The summed E-state index contributed by atoms with van der Waals surface area (Å²) in [5.41, 5.74) is 2.69. The Hall–Kier alpha value is -3.20. The van der Waals surface area contributed by atoms with Crippen LogP contribution in [0.4, 0.5) is 5.82 Å². The first-order valence-electron chi connectivity index (χ1n) is 14.1. The van der Waals surface area contributed by atoms with Gasteiger partial charge in [-0.05, 0) is 69.4 Å². The standard InChI is InChI=1S/C29H38N4O5/c1-2-38-29(37)20-10-7-9-19(16-20)28(36)33-15-6-5-12-24(33)23-17-25(32-31-23)30-27(35)22-14-13-18-8-3-4-11-21(18)26(22)34/h3-4,8,11,17,19-20,22,24,26,34H,2,5-7,9-10,12-16H2,1H3,(H2,30,31,32,35)/t19-,20-,22?,24?,26?/m0/s1. The fraction of sp³-hybridized carbons (Fsp3) is 0.586. The largest absolute Gasteiger partial charge is 0.466 e. The van der Waals surface area contributed by atoms with E-state index in [2.05, 4.69) is 15.5 Å². The highest BCUT2D eigenvalue weighted by molar-refractivity contribution is 5.92. The fourth-order valence-corrected chi connectivity index (χ4v) is 6.44. The molecule has 0 bridgehead atoms. The lowest BCUT2D eigenvalue weighted by atomic mass is 9.80. The number of amides is 2. The molecule has 3 N–H and O–H groups in total. The number of rotatable bonds is 6. The lowest BCUT2D eigenvalue weighted by Gasteiger charge is -2.39. The number of anilines is 1. The van der Waals surface area contributed by atoms with E-state index in [4.69, 9.17) is 4.74 Å². The third kappa shape index (κ3) is 5.48. The molecule has 0 radical (unpaired) electrons. The SMILES string of the molecule is CCOC(=O)[C@H]1CCC[C@H](C(=O)N2CCCCC2c2cc(NC(=O)C3CCc4ccccc4C3O)n[nH]2)C1. The van der Waals surface area contributed by atoms with E-state index in [9.17, 15) is 19.5 Å². The number of benzene rings is 1. The second kappa shape index (κ2) is 11.7. The fourth-order valence-electron chi connectivity index (χ4n) is 6.44. The lowest BCUT2D eigenvalue weighted by molar-refractivity contribution is -0.151. The number of nitrogens with zero attached hydrogens (tertiary/aromatic N) is 2. The number of carbonyl (C=O) groups excluding carboxylic acids is 3. The van der Waals surface area contributed by atoms with Crippen LogP contribution in [0.3, 0.4) is 0 Å². The van der Waals surface area contributed by atoms with Gasteiger partial charge in [-0.15, -0.1) is 0 Å². The molecule has 2 aromatic rings. The van der Waals surface area contributed by atoms with Gasteiger partial charge < -0.3 is 20.1 Å². The summed E-state index contributed by atoms with van der Waals surface area (Å²) in [6.07, 6.45) is 6.16. The molecule has 9 heteroatoms. The van der Waals surface area contributed by atoms with Crippen molar-refractivity contribution in [2.75, 3.05) is 18.5 Å². The van der Waals surface area contributed by atoms with Crippen LogP contribution in [-0.4, -0.2) is 51.1 Å². The summed E-state index contributed by atoms with van der Waals surface area (Å²) in [5, 5.41) is 21.1. The number of aliphatic hydroxyl groups is 1. The molecule has 1 saturated carbocycles. The molecule has 1 aromatic heterocycles. The third-order valence-electron chi connectivity index (χ3n) is 8.45. The first-order valence-corrected chi connectivity index (χ1v) is 14.1. The highest BCUT2D eigenvalue weighted by Crippen LogP contribution is 2.38. The molecule has 3 aliphatic rings. The molecule has 2 heterocycles. The van der Waals surface area contributed by atoms with Gasteiger partial charge in [0.2, 0.25) is 11.8 Å². The van der Waals surface area contributed by atoms with Gasteiger partial charge in [0.15, 0.2) is 5.82 Å². The number of aromatic amines is 1. The number of aromatic nitrogens is 2. The Bertz CT molecular complexity index is 1160. The highest BCUT2D eigenvalue weighted by atomic mass is 16.5. The molecule has 9 nitrogen and oxygen atoms in total. The van der Waals surface area contributed by atoms with E-state index in [0.29, 0.717) is 31.8 Å². The Morgan fingerprint density at radius 3 is 2.76 bits per heavy atom. The van der Waals surface area contributed by atoms with Crippen LogP contribution in [0.2, 0.25) is 0 Å². The van der Waals surface area contributed by atoms with E-state index in [0.717, 1.165) is 61.8 Å². The lowest BCUT2D eigenvalue weighted by Crippen LogP contribution is -2.43. The smallest absolute Gasteiger partial charge is 0.308 e. The number of esters is 1. The number of likely N-dealkylation sites (tertiary alicyclic amines) is 1. The van der Waals surface area contributed by atoms with Gasteiger partial charge in [-0.1, -0.05) is 30.7 Å². The van der Waals surface area contributed by atoms with Crippen LogP contribution in [0.5, 0.6) is 0 Å². The maximum Gasteiger partial charge on any atom is 0.308 e. The van der Waals surface area contributed by atoms with Crippen LogP contribution >= 0.6 is 0 Å². The van der Waals surface area contributed by atoms with Crippen LogP contribution in [0.15, 0.2) is 30.3 Å². The summed E-state index contributed by atoms with van der Waals surface area (Å²) in [6, 6.07) is 9.35. The number of aliphatic hydroxyl groups excluding tert-OH is 1. The van der Waals surface area contributed by atoms with E-state index in [1.54, 1.807) is 13.0 Å². The minimum atomic E-state index is -0.848. The molecule has 0 spiro atoms. The number of hydrogen-bond donors (Lipinski definition) is 3. The Balaban J connectivity index is 1.24. The van der Waals surface area contributed by atoms with Gasteiger partial charge in [0.25, 0.3) is 0 Å². The van der Waals surface area contributed by atoms with Crippen molar-refractivity contribution in [2.45, 2.75) is 76.9 Å². The Morgan fingerprint density at radius 1 is 1.11 bits per heavy atom. The summed E-state index contributed by atoms with van der Waals surface area (Å²) in [4.78, 5) is 40.9. The van der Waals surface area contributed by atoms with Crippen molar-refractivity contribution in [3.05, 3.63) is 47.2 Å². The molecular weight excluding hydrogens is 484 g/mol. The summed E-state index contributed by atoms with van der Waals surface area (Å²) in [6.45, 7) is 2.82. The zero-order valence-electron chi connectivity index (χ0n) is 22.0. The van der Waals surface area contributed by atoms with Gasteiger partial charge in [0, 0.05) is 18.5 Å². The van der Waals surface area contributed by atoms with Gasteiger partial charge in [0.05, 0.1) is 36.3 Å². The second-order valence-corrected chi connectivity index (χ2v) is 10.8. The number of ether oxygens (including phenoxy) is 1. The monoisotopic (exact) mass is 522 g/mol. The molecule has 38 heavy (non-hydrogen) atoms. The summed E-state index contributed by atoms with van der Waals surface area (Å²) < 4.78 is 5.22. The first kappa shape index (κ1) is 26.4.